The summed E-state index contributed by atoms with van der Waals surface area (Å²) >= 11 is 0. The van der Waals surface area contributed by atoms with Gasteiger partial charge >= 0.3 is 58.2 Å². The monoisotopic (exact) mass is 370 g/mol. The van der Waals surface area contributed by atoms with Gasteiger partial charge in [-0.3, -0.25) is 0 Å². The van der Waals surface area contributed by atoms with E-state index in [1.165, 1.54) is 51.4 Å². The molecule has 0 bridgehead atoms. The maximum absolute atomic E-state index is 5.92. The van der Waals surface area contributed by atoms with Gasteiger partial charge in [-0.05, 0) is 62.2 Å². The van der Waals surface area contributed by atoms with E-state index in [0.29, 0.717) is 0 Å². The zero-order chi connectivity index (χ0) is 14.5. The summed E-state index contributed by atoms with van der Waals surface area (Å²) in [6.45, 7) is 3.32. The van der Waals surface area contributed by atoms with Gasteiger partial charge < -0.3 is 4.74 Å². The fourth-order valence-corrected chi connectivity index (χ4v) is 4.27. The quantitative estimate of drug-likeness (QED) is 0.740. The van der Waals surface area contributed by atoms with Gasteiger partial charge in [0, 0.05) is 5.75 Å². The predicted octanol–water partition coefficient (Wildman–Crippen LogP) is 2.50. The minimum atomic E-state index is 0. The zero-order valence-electron chi connectivity index (χ0n) is 14.4. The molecule has 1 aromatic carbocycles. The van der Waals surface area contributed by atoms with Crippen molar-refractivity contribution in [2.75, 3.05) is 6.61 Å². The van der Waals surface area contributed by atoms with Crippen molar-refractivity contribution in [2.45, 2.75) is 58.3 Å². The standard InChI is InChI=1S/C20H29O.Rb/c1-16-7-11-18(12-8-16)19-13-9-17(10-14-19)15-21-20-5-3-2-4-6-20;/h3-6,16-19H,7-15H2,1H3;/q-1;+1. The first-order chi connectivity index (χ1) is 10.3. The Morgan fingerprint density at radius 3 is 2.05 bits per heavy atom. The first-order valence-electron chi connectivity index (χ1n) is 8.90. The third kappa shape index (κ3) is 5.72. The van der Waals surface area contributed by atoms with E-state index in [1.54, 1.807) is 0 Å². The van der Waals surface area contributed by atoms with Crippen LogP contribution in [0.25, 0.3) is 0 Å². The molecule has 0 unspecified atom stereocenters. The summed E-state index contributed by atoms with van der Waals surface area (Å²) in [5.74, 6) is 4.80. The molecular weight excluding hydrogens is 342 g/mol. The Kier molecular flexibility index (Phi) is 8.67. The van der Waals surface area contributed by atoms with Crippen molar-refractivity contribution in [1.29, 1.82) is 0 Å². The third-order valence-electron chi connectivity index (χ3n) is 5.79. The fraction of sp³-hybridized carbons (Fsp3) is 0.700. The molecule has 0 aliphatic heterocycles. The van der Waals surface area contributed by atoms with Gasteiger partial charge in [0.15, 0.2) is 0 Å². The summed E-state index contributed by atoms with van der Waals surface area (Å²) in [4.78, 5) is 0. The Morgan fingerprint density at radius 1 is 0.909 bits per heavy atom. The summed E-state index contributed by atoms with van der Waals surface area (Å²) in [5, 5.41) is 0. The largest absolute Gasteiger partial charge is 1.00 e. The van der Waals surface area contributed by atoms with E-state index in [1.807, 2.05) is 24.3 Å². The van der Waals surface area contributed by atoms with Crippen LogP contribution in [0.4, 0.5) is 0 Å². The second-order valence-corrected chi connectivity index (χ2v) is 7.35. The van der Waals surface area contributed by atoms with Crippen molar-refractivity contribution < 1.29 is 62.9 Å². The summed E-state index contributed by atoms with van der Waals surface area (Å²) < 4.78 is 5.92. The second kappa shape index (κ2) is 9.96. The first-order valence-corrected chi connectivity index (χ1v) is 8.90. The normalized spacial score (nSPS) is 32.0. The maximum Gasteiger partial charge on any atom is 1.00 e. The van der Waals surface area contributed by atoms with E-state index >= 15 is 0 Å². The van der Waals surface area contributed by atoms with Crippen LogP contribution in [0.3, 0.4) is 0 Å². The molecule has 0 spiro atoms. The number of ether oxygens (including phenoxy) is 1. The van der Waals surface area contributed by atoms with E-state index in [-0.39, 0.29) is 58.2 Å². The van der Waals surface area contributed by atoms with Crippen molar-refractivity contribution in [1.82, 2.24) is 0 Å². The average molecular weight is 371 g/mol. The Labute approximate surface area is 185 Å². The molecule has 22 heavy (non-hydrogen) atoms. The van der Waals surface area contributed by atoms with Crippen LogP contribution in [0.5, 0.6) is 5.75 Å². The minimum Gasteiger partial charge on any atom is -0.519 e. The molecule has 1 nitrogen and oxygen atoms in total. The molecule has 1 aromatic rings. The molecule has 0 N–H and O–H groups in total. The smallest absolute Gasteiger partial charge is 0.519 e. The molecule has 0 radical (unpaired) electrons. The van der Waals surface area contributed by atoms with Gasteiger partial charge in [-0.25, -0.2) is 0 Å². The van der Waals surface area contributed by atoms with Crippen LogP contribution in [-0.4, -0.2) is 6.61 Å². The van der Waals surface area contributed by atoms with E-state index in [9.17, 15) is 0 Å². The second-order valence-electron chi connectivity index (χ2n) is 7.35. The van der Waals surface area contributed by atoms with Crippen molar-refractivity contribution in [2.24, 2.45) is 23.7 Å². The topological polar surface area (TPSA) is 9.23 Å². The van der Waals surface area contributed by atoms with Gasteiger partial charge in [-0.2, -0.15) is 18.2 Å². The summed E-state index contributed by atoms with van der Waals surface area (Å²) in [6.07, 6.45) is 11.6. The van der Waals surface area contributed by atoms with Crippen molar-refractivity contribution >= 4 is 0 Å². The van der Waals surface area contributed by atoms with Crippen LogP contribution < -0.4 is 62.9 Å². The van der Waals surface area contributed by atoms with Gasteiger partial charge in [-0.1, -0.05) is 19.8 Å². The Morgan fingerprint density at radius 2 is 1.45 bits per heavy atom. The number of hydrogen-bond donors (Lipinski definition) is 0. The minimum absolute atomic E-state index is 0. The number of rotatable bonds is 4. The van der Waals surface area contributed by atoms with Crippen LogP contribution >= 0.6 is 0 Å². The summed E-state index contributed by atoms with van der Waals surface area (Å²) in [7, 11) is 0. The van der Waals surface area contributed by atoms with Gasteiger partial charge in [0.05, 0.1) is 6.61 Å². The van der Waals surface area contributed by atoms with Crippen LogP contribution in [0, 0.1) is 29.7 Å². The third-order valence-corrected chi connectivity index (χ3v) is 5.79. The van der Waals surface area contributed by atoms with Gasteiger partial charge in [0.1, 0.15) is 0 Å². The van der Waals surface area contributed by atoms with Crippen molar-refractivity contribution in [3.63, 3.8) is 0 Å². The van der Waals surface area contributed by atoms with Crippen molar-refractivity contribution in [3.05, 3.63) is 30.3 Å². The molecule has 2 heteroatoms. The van der Waals surface area contributed by atoms with Crippen LogP contribution in [0.1, 0.15) is 58.3 Å². The van der Waals surface area contributed by atoms with E-state index in [2.05, 4.69) is 13.0 Å². The summed E-state index contributed by atoms with van der Waals surface area (Å²) in [6, 6.07) is 10.9. The number of hydrogen-bond acceptors (Lipinski definition) is 1. The van der Waals surface area contributed by atoms with Crippen LogP contribution in [0.15, 0.2) is 24.3 Å². The fourth-order valence-electron chi connectivity index (χ4n) is 4.27. The molecule has 2 aliphatic carbocycles. The Hall–Kier alpha value is 0.825. The van der Waals surface area contributed by atoms with Crippen molar-refractivity contribution in [3.8, 4) is 5.75 Å². The van der Waals surface area contributed by atoms with Gasteiger partial charge in [0.2, 0.25) is 0 Å². The predicted molar refractivity (Wildman–Crippen MR) is 87.3 cm³/mol. The average Bonchev–Trinajstić information content (AvgIpc) is 2.55. The van der Waals surface area contributed by atoms with Crippen LogP contribution in [0.2, 0.25) is 0 Å². The molecule has 0 saturated heterocycles. The van der Waals surface area contributed by atoms with Crippen LogP contribution in [-0.2, 0) is 0 Å². The zero-order valence-corrected chi connectivity index (χ0v) is 19.3. The SMILES string of the molecule is CC1CCC(C2CCC(COc3cc[c-]cc3)CC2)CC1.[Rb+]. The molecule has 116 valence electrons. The molecular formula is C20H29ORb. The van der Waals surface area contributed by atoms with Gasteiger partial charge in [0.25, 0.3) is 0 Å². The molecule has 3 rings (SSSR count). The molecule has 2 fully saturated rings. The molecule has 0 heterocycles. The Bertz CT molecular complexity index is 403. The maximum atomic E-state index is 5.92. The molecule has 2 aliphatic rings. The van der Waals surface area contributed by atoms with E-state index in [4.69, 9.17) is 4.74 Å². The molecule has 0 amide bonds. The Balaban J connectivity index is 0.00000176. The number of benzene rings is 1. The van der Waals surface area contributed by atoms with E-state index in [0.717, 1.165) is 36.0 Å². The van der Waals surface area contributed by atoms with Gasteiger partial charge in [-0.15, -0.1) is 12.1 Å². The molecule has 0 aromatic heterocycles. The molecule has 2 saturated carbocycles. The molecule has 0 atom stereocenters. The first kappa shape index (κ1) is 19.2. The summed E-state index contributed by atoms with van der Waals surface area (Å²) in [5.41, 5.74) is 0. The van der Waals surface area contributed by atoms with E-state index < -0.39 is 0 Å².